The van der Waals surface area contributed by atoms with Crippen molar-refractivity contribution in [3.8, 4) is 0 Å². The monoisotopic (exact) mass is 250 g/mol. The number of pyridine rings is 1. The van der Waals surface area contributed by atoms with Crippen molar-refractivity contribution in [3.63, 3.8) is 0 Å². The summed E-state index contributed by atoms with van der Waals surface area (Å²) in [7, 11) is 1.26. The largest absolute Gasteiger partial charge is 0.289 e. The molecule has 7 heteroatoms. The van der Waals surface area contributed by atoms with E-state index in [4.69, 9.17) is 22.3 Å². The van der Waals surface area contributed by atoms with Gasteiger partial charge in [-0.15, -0.1) is 0 Å². The maximum absolute atomic E-state index is 11.0. The molecule has 2 aromatic heterocycles. The molecule has 0 aliphatic rings. The van der Waals surface area contributed by atoms with Crippen molar-refractivity contribution < 1.29 is 8.42 Å². The third kappa shape index (κ3) is 1.47. The second-order valence-corrected chi connectivity index (χ2v) is 5.41. The quantitative estimate of drug-likeness (QED) is 0.727. The molecule has 0 amide bonds. The second kappa shape index (κ2) is 3.12. The van der Waals surface area contributed by atoms with Crippen LogP contribution in [0.5, 0.6) is 0 Å². The fourth-order valence-electron chi connectivity index (χ4n) is 1.10. The van der Waals surface area contributed by atoms with E-state index < -0.39 is 9.05 Å². The van der Waals surface area contributed by atoms with E-state index in [2.05, 4.69) is 4.98 Å². The molecule has 0 aliphatic heterocycles. The molecule has 4 nitrogen and oxygen atoms in total. The molecule has 0 radical (unpaired) electrons. The van der Waals surface area contributed by atoms with Crippen LogP contribution < -0.4 is 0 Å². The van der Waals surface area contributed by atoms with Crippen LogP contribution in [0.15, 0.2) is 29.4 Å². The molecule has 0 spiro atoms. The summed E-state index contributed by atoms with van der Waals surface area (Å²) >= 11 is 5.78. The summed E-state index contributed by atoms with van der Waals surface area (Å²) in [5, 5.41) is -0.317. The lowest BCUT2D eigenvalue weighted by Crippen LogP contribution is -1.91. The van der Waals surface area contributed by atoms with Gasteiger partial charge in [-0.25, -0.2) is 13.4 Å². The zero-order valence-electron chi connectivity index (χ0n) is 6.68. The molecule has 74 valence electrons. The van der Waals surface area contributed by atoms with Gasteiger partial charge in [-0.1, -0.05) is 17.7 Å². The number of nitrogens with zero attached hydrogens (tertiary/aromatic N) is 2. The molecule has 0 unspecified atom stereocenters. The van der Waals surface area contributed by atoms with Crippen molar-refractivity contribution in [3.05, 3.63) is 29.5 Å². The first-order valence-electron chi connectivity index (χ1n) is 3.57. The van der Waals surface area contributed by atoms with Crippen molar-refractivity contribution in [1.82, 2.24) is 9.38 Å². The zero-order chi connectivity index (χ0) is 10.3. The molecular formula is C7H4Cl2N2O2S. The molecule has 0 aromatic carbocycles. The van der Waals surface area contributed by atoms with E-state index >= 15 is 0 Å². The van der Waals surface area contributed by atoms with E-state index in [1.807, 2.05) is 0 Å². The van der Waals surface area contributed by atoms with Crippen LogP contribution in [0.4, 0.5) is 0 Å². The van der Waals surface area contributed by atoms with Crippen molar-refractivity contribution in [1.29, 1.82) is 0 Å². The Balaban J connectivity index is 2.89. The fourth-order valence-corrected chi connectivity index (χ4v) is 2.53. The summed E-state index contributed by atoms with van der Waals surface area (Å²) in [4.78, 5) is 3.79. The molecule has 0 N–H and O–H groups in total. The summed E-state index contributed by atoms with van der Waals surface area (Å²) in [6, 6.07) is 5.08. The smallest absolute Gasteiger partial charge is 0.281 e. The average Bonchev–Trinajstić information content (AvgIpc) is 2.44. The Labute approximate surface area is 89.5 Å². The van der Waals surface area contributed by atoms with Gasteiger partial charge in [-0.3, -0.25) is 4.40 Å². The zero-order valence-corrected chi connectivity index (χ0v) is 9.01. The highest BCUT2D eigenvalue weighted by atomic mass is 35.7. The van der Waals surface area contributed by atoms with Crippen molar-refractivity contribution in [2.75, 3.05) is 0 Å². The highest BCUT2D eigenvalue weighted by molar-refractivity contribution is 8.13. The molecule has 2 rings (SSSR count). The molecule has 0 saturated carbocycles. The minimum Gasteiger partial charge on any atom is -0.289 e. The number of hydrogen-bond donors (Lipinski definition) is 0. The third-order valence-electron chi connectivity index (χ3n) is 1.67. The molecule has 0 atom stereocenters. The van der Waals surface area contributed by atoms with E-state index in [0.29, 0.717) is 5.65 Å². The molecular weight excluding hydrogens is 247 g/mol. The Morgan fingerprint density at radius 1 is 1.36 bits per heavy atom. The lowest BCUT2D eigenvalue weighted by atomic mass is 10.5. The fraction of sp³-hybridized carbons (Fsp3) is 0. The summed E-state index contributed by atoms with van der Waals surface area (Å²) in [6.07, 6.45) is 1.61. The van der Waals surface area contributed by atoms with Crippen LogP contribution in [0, 0.1) is 0 Å². The van der Waals surface area contributed by atoms with Crippen LogP contribution in [0.25, 0.3) is 5.65 Å². The standard InChI is InChI=1S/C7H4Cl2N2O2S/c8-6-7(14(9,12)13)10-5-3-1-2-4-11(5)6/h1-4H. The van der Waals surface area contributed by atoms with Crippen molar-refractivity contribution >= 4 is 37.0 Å². The molecule has 0 aliphatic carbocycles. The van der Waals surface area contributed by atoms with E-state index in [9.17, 15) is 8.42 Å². The molecule has 2 aromatic rings. The first kappa shape index (κ1) is 9.76. The SMILES string of the molecule is O=S(=O)(Cl)c1nc2ccccn2c1Cl. The summed E-state index contributed by atoms with van der Waals surface area (Å²) in [5.74, 6) is 0. The van der Waals surface area contributed by atoms with Gasteiger partial charge in [-0.2, -0.15) is 0 Å². The molecule has 0 bridgehead atoms. The van der Waals surface area contributed by atoms with Crippen molar-refractivity contribution in [2.24, 2.45) is 0 Å². The second-order valence-electron chi connectivity index (χ2n) is 2.57. The number of aromatic nitrogens is 2. The first-order chi connectivity index (χ1) is 6.50. The van der Waals surface area contributed by atoms with Gasteiger partial charge < -0.3 is 0 Å². The normalized spacial score (nSPS) is 12.1. The summed E-state index contributed by atoms with van der Waals surface area (Å²) in [6.45, 7) is 0. The predicted octanol–water partition coefficient (Wildman–Crippen LogP) is 1.92. The summed E-state index contributed by atoms with van der Waals surface area (Å²) < 4.78 is 23.5. The third-order valence-corrected chi connectivity index (χ3v) is 3.33. The Morgan fingerprint density at radius 3 is 2.64 bits per heavy atom. The Bertz CT molecular complexity index is 591. The van der Waals surface area contributed by atoms with Crippen LogP contribution >= 0.6 is 22.3 Å². The van der Waals surface area contributed by atoms with Gasteiger partial charge in [0.1, 0.15) is 5.65 Å². The maximum Gasteiger partial charge on any atom is 0.281 e. The number of imidazole rings is 1. The summed E-state index contributed by atoms with van der Waals surface area (Å²) in [5.41, 5.74) is 0.441. The lowest BCUT2D eigenvalue weighted by molar-refractivity contribution is 0.607. The number of rotatable bonds is 1. The molecule has 0 fully saturated rings. The topological polar surface area (TPSA) is 51.4 Å². The number of hydrogen-bond acceptors (Lipinski definition) is 3. The van der Waals surface area contributed by atoms with Crippen LogP contribution in [0.3, 0.4) is 0 Å². The van der Waals surface area contributed by atoms with Crippen LogP contribution in [-0.2, 0) is 9.05 Å². The number of fused-ring (bicyclic) bond motifs is 1. The van der Waals surface area contributed by atoms with Gasteiger partial charge in [0.25, 0.3) is 9.05 Å². The molecule has 14 heavy (non-hydrogen) atoms. The minimum absolute atomic E-state index is 0.00407. The van der Waals surface area contributed by atoms with Crippen LogP contribution in [-0.4, -0.2) is 17.8 Å². The van der Waals surface area contributed by atoms with Gasteiger partial charge in [-0.05, 0) is 12.1 Å². The Morgan fingerprint density at radius 2 is 2.07 bits per heavy atom. The van der Waals surface area contributed by atoms with E-state index in [1.54, 1.807) is 24.4 Å². The van der Waals surface area contributed by atoms with Gasteiger partial charge in [0, 0.05) is 16.9 Å². The Kier molecular flexibility index (Phi) is 2.17. The van der Waals surface area contributed by atoms with Gasteiger partial charge >= 0.3 is 0 Å². The first-order valence-corrected chi connectivity index (χ1v) is 6.26. The Hall–Kier alpha value is -0.780. The number of halogens is 2. The van der Waals surface area contributed by atoms with Gasteiger partial charge in [0.15, 0.2) is 5.15 Å². The van der Waals surface area contributed by atoms with Gasteiger partial charge in [0.05, 0.1) is 0 Å². The maximum atomic E-state index is 11.0. The van der Waals surface area contributed by atoms with Crippen LogP contribution in [0.2, 0.25) is 5.15 Å². The van der Waals surface area contributed by atoms with E-state index in [1.165, 1.54) is 4.40 Å². The van der Waals surface area contributed by atoms with Crippen LogP contribution in [0.1, 0.15) is 0 Å². The van der Waals surface area contributed by atoms with E-state index in [-0.39, 0.29) is 10.2 Å². The highest BCUT2D eigenvalue weighted by Crippen LogP contribution is 2.24. The van der Waals surface area contributed by atoms with E-state index in [0.717, 1.165) is 0 Å². The lowest BCUT2D eigenvalue weighted by Gasteiger charge is -1.91. The predicted molar refractivity (Wildman–Crippen MR) is 53.2 cm³/mol. The molecule has 2 heterocycles. The minimum atomic E-state index is -3.89. The van der Waals surface area contributed by atoms with Gasteiger partial charge in [0.2, 0.25) is 5.03 Å². The van der Waals surface area contributed by atoms with Crippen molar-refractivity contribution in [2.45, 2.75) is 5.03 Å². The highest BCUT2D eigenvalue weighted by Gasteiger charge is 2.20. The molecule has 0 saturated heterocycles. The average molecular weight is 251 g/mol.